The van der Waals surface area contributed by atoms with Crippen LogP contribution in [0.1, 0.15) is 31.7 Å². The van der Waals surface area contributed by atoms with Gasteiger partial charge in [0, 0.05) is 0 Å². The maximum Gasteiger partial charge on any atom is 0.326 e. The van der Waals surface area contributed by atoms with Crippen LogP contribution in [0.2, 0.25) is 0 Å². The summed E-state index contributed by atoms with van der Waals surface area (Å²) in [7, 11) is 1.60. The second kappa shape index (κ2) is 8.34. The molecule has 128 valence electrons. The molecule has 1 unspecified atom stereocenters. The molecular formula is C19H23NO4. The Morgan fingerprint density at radius 3 is 2.71 bits per heavy atom. The number of aliphatic carboxylic acids is 1. The van der Waals surface area contributed by atoms with Crippen molar-refractivity contribution in [2.45, 2.75) is 38.6 Å². The van der Waals surface area contributed by atoms with Gasteiger partial charge in [-0.1, -0.05) is 44.0 Å². The van der Waals surface area contributed by atoms with Crippen LogP contribution in [0.3, 0.4) is 0 Å². The van der Waals surface area contributed by atoms with Crippen LogP contribution in [0.25, 0.3) is 10.8 Å². The Kier molecular flexibility index (Phi) is 6.18. The van der Waals surface area contributed by atoms with E-state index < -0.39 is 12.0 Å². The summed E-state index contributed by atoms with van der Waals surface area (Å²) < 4.78 is 5.24. The van der Waals surface area contributed by atoms with Crippen molar-refractivity contribution >= 4 is 22.6 Å². The minimum Gasteiger partial charge on any atom is -0.497 e. The average Bonchev–Trinajstić information content (AvgIpc) is 2.58. The molecule has 0 saturated carbocycles. The number of hydrogen-bond acceptors (Lipinski definition) is 3. The monoisotopic (exact) mass is 329 g/mol. The Morgan fingerprint density at radius 2 is 2.04 bits per heavy atom. The van der Waals surface area contributed by atoms with Gasteiger partial charge in [-0.15, -0.1) is 0 Å². The number of benzene rings is 2. The lowest BCUT2D eigenvalue weighted by molar-refractivity contribution is -0.141. The fraction of sp³-hybridized carbons (Fsp3) is 0.368. The Hall–Kier alpha value is -2.56. The molecule has 0 aliphatic heterocycles. The molecular weight excluding hydrogens is 306 g/mol. The van der Waals surface area contributed by atoms with E-state index in [-0.39, 0.29) is 12.3 Å². The van der Waals surface area contributed by atoms with Crippen LogP contribution in [0.15, 0.2) is 36.4 Å². The number of carboxylic acids is 1. The maximum absolute atomic E-state index is 12.3. The van der Waals surface area contributed by atoms with Crippen LogP contribution < -0.4 is 10.1 Å². The molecule has 0 radical (unpaired) electrons. The number of unbranched alkanes of at least 4 members (excludes halogenated alkanes) is 1. The molecule has 0 spiro atoms. The van der Waals surface area contributed by atoms with E-state index in [9.17, 15) is 14.7 Å². The number of hydrogen-bond donors (Lipinski definition) is 2. The van der Waals surface area contributed by atoms with Crippen molar-refractivity contribution in [1.29, 1.82) is 0 Å². The number of methoxy groups -OCH3 is 1. The SMILES string of the molecule is CCCCC(NC(=O)Cc1cccc2ccc(OC)cc12)C(=O)O. The maximum atomic E-state index is 12.3. The lowest BCUT2D eigenvalue weighted by atomic mass is 10.0. The third kappa shape index (κ3) is 4.47. The molecule has 2 aromatic carbocycles. The summed E-state index contributed by atoms with van der Waals surface area (Å²) in [6.07, 6.45) is 2.24. The van der Waals surface area contributed by atoms with Crippen LogP contribution in [0.5, 0.6) is 5.75 Å². The Labute approximate surface area is 141 Å². The average molecular weight is 329 g/mol. The summed E-state index contributed by atoms with van der Waals surface area (Å²) >= 11 is 0. The highest BCUT2D eigenvalue weighted by molar-refractivity contribution is 5.92. The molecule has 0 fully saturated rings. The predicted molar refractivity (Wildman–Crippen MR) is 93.3 cm³/mol. The van der Waals surface area contributed by atoms with E-state index in [1.807, 2.05) is 43.3 Å². The Morgan fingerprint density at radius 1 is 1.25 bits per heavy atom. The number of carbonyl (C=O) groups is 2. The van der Waals surface area contributed by atoms with Crippen molar-refractivity contribution < 1.29 is 19.4 Å². The first-order valence-electron chi connectivity index (χ1n) is 8.13. The van der Waals surface area contributed by atoms with Gasteiger partial charge in [-0.3, -0.25) is 4.79 Å². The summed E-state index contributed by atoms with van der Waals surface area (Å²) in [6.45, 7) is 1.99. The number of ether oxygens (including phenoxy) is 1. The highest BCUT2D eigenvalue weighted by Gasteiger charge is 2.19. The number of carboxylic acid groups (broad SMARTS) is 1. The third-order valence-electron chi connectivity index (χ3n) is 4.01. The number of nitrogens with one attached hydrogen (secondary N) is 1. The van der Waals surface area contributed by atoms with E-state index >= 15 is 0 Å². The van der Waals surface area contributed by atoms with Crippen LogP contribution in [-0.2, 0) is 16.0 Å². The Balaban J connectivity index is 2.16. The molecule has 0 heterocycles. The second-order valence-electron chi connectivity index (χ2n) is 5.78. The van der Waals surface area contributed by atoms with Crippen LogP contribution in [0, 0.1) is 0 Å². The van der Waals surface area contributed by atoms with Crippen molar-refractivity contribution in [3.63, 3.8) is 0 Å². The predicted octanol–water partition coefficient (Wildman–Crippen LogP) is 3.15. The molecule has 0 saturated heterocycles. The number of fused-ring (bicyclic) bond motifs is 1. The highest BCUT2D eigenvalue weighted by atomic mass is 16.5. The fourth-order valence-electron chi connectivity index (χ4n) is 2.68. The van der Waals surface area contributed by atoms with Gasteiger partial charge >= 0.3 is 5.97 Å². The van der Waals surface area contributed by atoms with E-state index in [0.29, 0.717) is 6.42 Å². The normalized spacial score (nSPS) is 11.9. The Bertz CT molecular complexity index is 726. The molecule has 0 aliphatic carbocycles. The van der Waals surface area contributed by atoms with Gasteiger partial charge in [0.2, 0.25) is 5.91 Å². The molecule has 1 amide bonds. The molecule has 2 aromatic rings. The minimum absolute atomic E-state index is 0.139. The molecule has 1 atom stereocenters. The van der Waals surface area contributed by atoms with Gasteiger partial charge in [0.25, 0.3) is 0 Å². The van der Waals surface area contributed by atoms with E-state index in [1.54, 1.807) is 7.11 Å². The second-order valence-corrected chi connectivity index (χ2v) is 5.78. The quantitative estimate of drug-likeness (QED) is 0.780. The van der Waals surface area contributed by atoms with E-state index in [0.717, 1.165) is 34.9 Å². The van der Waals surface area contributed by atoms with Gasteiger partial charge in [0.05, 0.1) is 13.5 Å². The van der Waals surface area contributed by atoms with Gasteiger partial charge in [-0.25, -0.2) is 4.79 Å². The minimum atomic E-state index is -0.989. The first kappa shape index (κ1) is 17.8. The molecule has 5 nitrogen and oxygen atoms in total. The summed E-state index contributed by atoms with van der Waals surface area (Å²) in [5.74, 6) is -0.549. The van der Waals surface area contributed by atoms with Gasteiger partial charge < -0.3 is 15.2 Å². The van der Waals surface area contributed by atoms with Gasteiger partial charge in [0.1, 0.15) is 11.8 Å². The third-order valence-corrected chi connectivity index (χ3v) is 4.01. The van der Waals surface area contributed by atoms with E-state index in [1.165, 1.54) is 0 Å². The standard InChI is InChI=1S/C19H23NO4/c1-3-4-8-17(19(22)23)20-18(21)11-14-7-5-6-13-9-10-15(24-2)12-16(13)14/h5-7,9-10,12,17H,3-4,8,11H2,1-2H3,(H,20,21)(H,22,23). The number of amides is 1. The largest absolute Gasteiger partial charge is 0.497 e. The van der Waals surface area contributed by atoms with Crippen LogP contribution >= 0.6 is 0 Å². The summed E-state index contributed by atoms with van der Waals surface area (Å²) in [6, 6.07) is 10.6. The summed E-state index contributed by atoms with van der Waals surface area (Å²) in [5, 5.41) is 13.8. The summed E-state index contributed by atoms with van der Waals surface area (Å²) in [4.78, 5) is 23.5. The highest BCUT2D eigenvalue weighted by Crippen LogP contribution is 2.24. The zero-order valence-corrected chi connectivity index (χ0v) is 14.0. The van der Waals surface area contributed by atoms with Crippen molar-refractivity contribution in [3.05, 3.63) is 42.0 Å². The van der Waals surface area contributed by atoms with E-state index in [2.05, 4.69) is 5.32 Å². The van der Waals surface area contributed by atoms with Crippen LogP contribution in [0.4, 0.5) is 0 Å². The molecule has 2 N–H and O–H groups in total. The molecule has 2 rings (SSSR count). The van der Waals surface area contributed by atoms with Crippen molar-refractivity contribution in [3.8, 4) is 5.75 Å². The van der Waals surface area contributed by atoms with Crippen molar-refractivity contribution in [2.24, 2.45) is 0 Å². The van der Waals surface area contributed by atoms with E-state index in [4.69, 9.17) is 4.74 Å². The zero-order valence-electron chi connectivity index (χ0n) is 14.0. The van der Waals surface area contributed by atoms with Gasteiger partial charge in [-0.2, -0.15) is 0 Å². The van der Waals surface area contributed by atoms with Gasteiger partial charge in [-0.05, 0) is 34.9 Å². The van der Waals surface area contributed by atoms with Crippen LogP contribution in [-0.4, -0.2) is 30.1 Å². The molecule has 0 bridgehead atoms. The topological polar surface area (TPSA) is 75.6 Å². The van der Waals surface area contributed by atoms with Crippen molar-refractivity contribution in [1.82, 2.24) is 5.32 Å². The lowest BCUT2D eigenvalue weighted by Gasteiger charge is -2.15. The first-order valence-corrected chi connectivity index (χ1v) is 8.13. The number of rotatable bonds is 8. The first-order chi connectivity index (χ1) is 11.5. The lowest BCUT2D eigenvalue weighted by Crippen LogP contribution is -2.41. The van der Waals surface area contributed by atoms with Crippen molar-refractivity contribution in [2.75, 3.05) is 7.11 Å². The molecule has 24 heavy (non-hydrogen) atoms. The molecule has 0 aliphatic rings. The summed E-state index contributed by atoms with van der Waals surface area (Å²) in [5.41, 5.74) is 0.850. The molecule has 5 heteroatoms. The number of carbonyl (C=O) groups excluding carboxylic acids is 1. The zero-order chi connectivity index (χ0) is 17.5. The van der Waals surface area contributed by atoms with Gasteiger partial charge in [0.15, 0.2) is 0 Å². The fourth-order valence-corrected chi connectivity index (χ4v) is 2.68. The smallest absolute Gasteiger partial charge is 0.326 e. The molecule has 0 aromatic heterocycles.